The third kappa shape index (κ3) is 3.29. The largest absolute Gasteiger partial charge is 0.309 e. The molecule has 1 saturated heterocycles. The quantitative estimate of drug-likeness (QED) is 0.824. The summed E-state index contributed by atoms with van der Waals surface area (Å²) in [6, 6.07) is 12.8. The van der Waals surface area contributed by atoms with Gasteiger partial charge in [0, 0.05) is 23.8 Å². The first kappa shape index (κ1) is 17.9. The van der Waals surface area contributed by atoms with E-state index in [1.165, 1.54) is 4.31 Å². The number of nitrogens with zero attached hydrogens (tertiary/aromatic N) is 2. The van der Waals surface area contributed by atoms with Gasteiger partial charge in [-0.1, -0.05) is 35.9 Å². The Morgan fingerprint density at radius 3 is 2.44 bits per heavy atom. The fourth-order valence-corrected chi connectivity index (χ4v) is 4.79. The zero-order valence-corrected chi connectivity index (χ0v) is 15.6. The van der Waals surface area contributed by atoms with E-state index < -0.39 is 16.1 Å². The van der Waals surface area contributed by atoms with Crippen molar-refractivity contribution in [3.05, 3.63) is 59.1 Å². The minimum absolute atomic E-state index is 0.196. The Bertz CT molecular complexity index is 900. The Hall–Kier alpha value is -1.89. The maximum Gasteiger partial charge on any atom is 0.245 e. The molecule has 25 heavy (non-hydrogen) atoms. The van der Waals surface area contributed by atoms with Gasteiger partial charge in [0.05, 0.1) is 4.90 Å². The van der Waals surface area contributed by atoms with Crippen molar-refractivity contribution in [3.8, 4) is 0 Å². The van der Waals surface area contributed by atoms with Crippen LogP contribution in [-0.4, -0.2) is 37.8 Å². The molecule has 1 unspecified atom stereocenters. The van der Waals surface area contributed by atoms with Crippen molar-refractivity contribution in [2.45, 2.75) is 24.8 Å². The minimum atomic E-state index is -3.71. The predicted molar refractivity (Wildman–Crippen MR) is 98.3 cm³/mol. The molecule has 5 nitrogen and oxygen atoms in total. The number of rotatable bonds is 3. The monoisotopic (exact) mass is 378 g/mol. The highest BCUT2D eigenvalue weighted by atomic mass is 35.5. The van der Waals surface area contributed by atoms with E-state index in [9.17, 15) is 13.2 Å². The number of benzene rings is 2. The van der Waals surface area contributed by atoms with Crippen molar-refractivity contribution in [3.63, 3.8) is 0 Å². The Labute approximate surface area is 152 Å². The van der Waals surface area contributed by atoms with Crippen LogP contribution in [0, 0.1) is 6.92 Å². The van der Waals surface area contributed by atoms with Crippen LogP contribution in [0.5, 0.6) is 0 Å². The Morgan fingerprint density at radius 2 is 1.76 bits per heavy atom. The number of hydrogen-bond donors (Lipinski definition) is 0. The molecule has 0 spiro atoms. The smallest absolute Gasteiger partial charge is 0.245 e. The van der Waals surface area contributed by atoms with E-state index in [4.69, 9.17) is 11.6 Å². The summed E-state index contributed by atoms with van der Waals surface area (Å²) < 4.78 is 26.9. The van der Waals surface area contributed by atoms with E-state index in [2.05, 4.69) is 0 Å². The highest BCUT2D eigenvalue weighted by molar-refractivity contribution is 7.89. The predicted octanol–water partition coefficient (Wildman–Crippen LogP) is 3.07. The molecule has 0 saturated carbocycles. The molecular weight excluding hydrogens is 360 g/mol. The fraction of sp³-hybridized carbons (Fsp3) is 0.278. The van der Waals surface area contributed by atoms with E-state index in [1.54, 1.807) is 54.3 Å². The van der Waals surface area contributed by atoms with Gasteiger partial charge in [0.15, 0.2) is 0 Å². The molecule has 0 aliphatic carbocycles. The van der Waals surface area contributed by atoms with E-state index in [0.29, 0.717) is 5.02 Å². The number of hydrogen-bond acceptors (Lipinski definition) is 3. The first-order valence-electron chi connectivity index (χ1n) is 7.97. The lowest BCUT2D eigenvalue weighted by atomic mass is 10.1. The molecule has 0 N–H and O–H groups in total. The number of halogens is 1. The van der Waals surface area contributed by atoms with Crippen LogP contribution in [0.25, 0.3) is 0 Å². The molecule has 3 rings (SSSR count). The van der Waals surface area contributed by atoms with E-state index >= 15 is 0 Å². The number of piperazine rings is 1. The van der Waals surface area contributed by atoms with Gasteiger partial charge >= 0.3 is 0 Å². The molecule has 2 aromatic carbocycles. The Kier molecular flexibility index (Phi) is 4.86. The number of amides is 1. The number of aryl methyl sites for hydroxylation is 1. The second kappa shape index (κ2) is 6.78. The molecule has 1 fully saturated rings. The second-order valence-corrected chi connectivity index (χ2v) is 8.35. The number of anilines is 1. The molecule has 0 aromatic heterocycles. The van der Waals surface area contributed by atoms with E-state index in [-0.39, 0.29) is 23.9 Å². The summed E-state index contributed by atoms with van der Waals surface area (Å²) in [6.07, 6.45) is 0. The first-order chi connectivity index (χ1) is 11.8. The Morgan fingerprint density at radius 1 is 1.08 bits per heavy atom. The average Bonchev–Trinajstić information content (AvgIpc) is 2.60. The zero-order valence-electron chi connectivity index (χ0n) is 14.0. The van der Waals surface area contributed by atoms with Crippen LogP contribution in [0.15, 0.2) is 53.4 Å². The van der Waals surface area contributed by atoms with Crippen LogP contribution in [0.4, 0.5) is 5.69 Å². The SMILES string of the molecule is Cc1ccc(Cl)cc1N1CCN(S(=O)(=O)c2ccccc2)C(C)C1=O. The third-order valence-electron chi connectivity index (χ3n) is 4.41. The molecule has 1 heterocycles. The van der Waals surface area contributed by atoms with Crippen LogP contribution in [0.3, 0.4) is 0 Å². The summed E-state index contributed by atoms with van der Waals surface area (Å²) in [7, 11) is -3.71. The van der Waals surface area contributed by atoms with Crippen molar-refractivity contribution in [2.24, 2.45) is 0 Å². The normalized spacial score (nSPS) is 19.2. The van der Waals surface area contributed by atoms with Gasteiger partial charge < -0.3 is 4.90 Å². The summed E-state index contributed by atoms with van der Waals surface area (Å²) in [5.74, 6) is -0.254. The number of carbonyl (C=O) groups is 1. The van der Waals surface area contributed by atoms with Crippen LogP contribution < -0.4 is 4.90 Å². The van der Waals surface area contributed by atoms with E-state index in [1.807, 2.05) is 13.0 Å². The van der Waals surface area contributed by atoms with E-state index in [0.717, 1.165) is 11.3 Å². The zero-order chi connectivity index (χ0) is 18.2. The van der Waals surface area contributed by atoms with Gasteiger partial charge in [-0.15, -0.1) is 0 Å². The summed E-state index contributed by atoms with van der Waals surface area (Å²) in [5, 5.41) is 0.542. The highest BCUT2D eigenvalue weighted by Crippen LogP contribution is 2.29. The van der Waals surface area contributed by atoms with Gasteiger partial charge in [0.2, 0.25) is 15.9 Å². The molecule has 7 heteroatoms. The molecule has 132 valence electrons. The number of sulfonamides is 1. The van der Waals surface area contributed by atoms with Gasteiger partial charge in [-0.05, 0) is 43.7 Å². The molecule has 1 aliphatic rings. The minimum Gasteiger partial charge on any atom is -0.309 e. The van der Waals surface area contributed by atoms with Crippen molar-refractivity contribution in [1.29, 1.82) is 0 Å². The maximum atomic E-state index is 12.9. The molecule has 1 amide bonds. The highest BCUT2D eigenvalue weighted by Gasteiger charge is 2.39. The van der Waals surface area contributed by atoms with Crippen molar-refractivity contribution < 1.29 is 13.2 Å². The third-order valence-corrected chi connectivity index (χ3v) is 6.63. The van der Waals surface area contributed by atoms with Gasteiger partial charge in [0.1, 0.15) is 6.04 Å². The maximum absolute atomic E-state index is 12.9. The van der Waals surface area contributed by atoms with Crippen LogP contribution >= 0.6 is 11.6 Å². The van der Waals surface area contributed by atoms with Crippen LogP contribution in [-0.2, 0) is 14.8 Å². The molecule has 1 aliphatic heterocycles. The summed E-state index contributed by atoms with van der Waals surface area (Å²) >= 11 is 6.06. The van der Waals surface area contributed by atoms with Crippen LogP contribution in [0.1, 0.15) is 12.5 Å². The summed E-state index contributed by atoms with van der Waals surface area (Å²) in [4.78, 5) is 14.7. The average molecular weight is 379 g/mol. The molecule has 1 atom stereocenters. The van der Waals surface area contributed by atoms with Gasteiger partial charge in [0.25, 0.3) is 0 Å². The molecule has 0 bridgehead atoms. The fourth-order valence-electron chi connectivity index (χ4n) is 3.02. The lowest BCUT2D eigenvalue weighted by Crippen LogP contribution is -2.57. The first-order valence-corrected chi connectivity index (χ1v) is 9.78. The lowest BCUT2D eigenvalue weighted by molar-refractivity contribution is -0.123. The number of carbonyl (C=O) groups excluding carboxylic acids is 1. The second-order valence-electron chi connectivity index (χ2n) is 6.03. The summed E-state index contributed by atoms with van der Waals surface area (Å²) in [6.45, 7) is 4.04. The Balaban J connectivity index is 1.91. The standard InChI is InChI=1S/C18H19ClN2O3S/c1-13-8-9-15(19)12-17(13)20-10-11-21(14(2)18(20)22)25(23,24)16-6-4-3-5-7-16/h3-9,12,14H,10-11H2,1-2H3. The topological polar surface area (TPSA) is 57.7 Å². The molecule has 0 radical (unpaired) electrons. The van der Waals surface area contributed by atoms with Gasteiger partial charge in [-0.3, -0.25) is 4.79 Å². The van der Waals surface area contributed by atoms with Gasteiger partial charge in [-0.2, -0.15) is 4.31 Å². The molecular formula is C18H19ClN2O3S. The van der Waals surface area contributed by atoms with Crippen molar-refractivity contribution >= 4 is 33.2 Å². The van der Waals surface area contributed by atoms with Crippen LogP contribution in [0.2, 0.25) is 5.02 Å². The molecule has 2 aromatic rings. The van der Waals surface area contributed by atoms with Crippen molar-refractivity contribution in [1.82, 2.24) is 4.31 Å². The van der Waals surface area contributed by atoms with Gasteiger partial charge in [-0.25, -0.2) is 8.42 Å². The summed E-state index contributed by atoms with van der Waals surface area (Å²) in [5.41, 5.74) is 1.64. The van der Waals surface area contributed by atoms with Crippen molar-refractivity contribution in [2.75, 3.05) is 18.0 Å². The lowest BCUT2D eigenvalue weighted by Gasteiger charge is -2.38.